The van der Waals surface area contributed by atoms with Crippen molar-refractivity contribution < 1.29 is 8.42 Å². The van der Waals surface area contributed by atoms with Gasteiger partial charge in [0.25, 0.3) is 0 Å². The second-order valence-corrected chi connectivity index (χ2v) is 3.31. The van der Waals surface area contributed by atoms with Crippen LogP contribution in [0.15, 0.2) is 30.3 Å². The molecule has 64 valence electrons. The molecule has 0 aliphatic carbocycles. The number of hydrogen-bond acceptors (Lipinski definition) is 2. The van der Waals surface area contributed by atoms with Gasteiger partial charge in [-0.15, -0.1) is 0 Å². The zero-order chi connectivity index (χ0) is 8.81. The Morgan fingerprint density at radius 3 is 2.42 bits per heavy atom. The Labute approximate surface area is 73.4 Å². The van der Waals surface area contributed by atoms with Crippen LogP contribution in [0.2, 0.25) is 0 Å². The minimum absolute atomic E-state index is 0.583. The maximum atomic E-state index is 10.1. The molecular formula is C9H10O2S. The first-order valence-corrected chi connectivity index (χ1v) is 4.88. The zero-order valence-electron chi connectivity index (χ0n) is 6.60. The van der Waals surface area contributed by atoms with Gasteiger partial charge in [0.05, 0.1) is 0 Å². The standard InChI is InChI=1S/C9H10O2S/c10-12(11)8-4-7-9-5-2-1-3-6-9/h1-3,5-6,8H,4,7H2. The molecule has 0 radical (unpaired) electrons. The molecule has 0 heterocycles. The lowest BCUT2D eigenvalue weighted by Crippen LogP contribution is -1.85. The van der Waals surface area contributed by atoms with Crippen LogP contribution in [0.5, 0.6) is 0 Å². The van der Waals surface area contributed by atoms with E-state index in [2.05, 4.69) is 0 Å². The van der Waals surface area contributed by atoms with Crippen LogP contribution in [0.4, 0.5) is 0 Å². The van der Waals surface area contributed by atoms with Crippen LogP contribution in [0.25, 0.3) is 0 Å². The molecular weight excluding hydrogens is 172 g/mol. The molecule has 0 bridgehead atoms. The Morgan fingerprint density at radius 1 is 1.17 bits per heavy atom. The highest BCUT2D eigenvalue weighted by Crippen LogP contribution is 2.00. The third-order valence-electron chi connectivity index (χ3n) is 1.53. The van der Waals surface area contributed by atoms with Gasteiger partial charge in [0.2, 0.25) is 10.3 Å². The maximum Gasteiger partial charge on any atom is 0.209 e. The first-order valence-electron chi connectivity index (χ1n) is 3.74. The summed E-state index contributed by atoms with van der Waals surface area (Å²) in [5.41, 5.74) is 1.17. The van der Waals surface area contributed by atoms with Gasteiger partial charge in [-0.2, -0.15) is 8.42 Å². The summed E-state index contributed by atoms with van der Waals surface area (Å²) in [4.78, 5) is 0. The molecule has 0 amide bonds. The van der Waals surface area contributed by atoms with Gasteiger partial charge in [0, 0.05) is 5.37 Å². The molecule has 0 aliphatic heterocycles. The normalized spacial score (nSPS) is 9.33. The highest BCUT2D eigenvalue weighted by molar-refractivity contribution is 7.71. The molecule has 12 heavy (non-hydrogen) atoms. The van der Waals surface area contributed by atoms with E-state index in [0.29, 0.717) is 6.42 Å². The van der Waals surface area contributed by atoms with E-state index in [1.807, 2.05) is 30.3 Å². The Bertz CT molecular complexity index is 343. The summed E-state index contributed by atoms with van der Waals surface area (Å²) >= 11 is 0. The molecule has 0 saturated heterocycles. The first kappa shape index (κ1) is 9.00. The van der Waals surface area contributed by atoms with E-state index in [-0.39, 0.29) is 0 Å². The number of benzene rings is 1. The largest absolute Gasteiger partial charge is 0.209 e. The summed E-state index contributed by atoms with van der Waals surface area (Å²) in [6.07, 6.45) is 1.37. The van der Waals surface area contributed by atoms with Gasteiger partial charge in [-0.1, -0.05) is 30.3 Å². The van der Waals surface area contributed by atoms with Gasteiger partial charge in [-0.25, -0.2) is 0 Å². The smallest absolute Gasteiger partial charge is 0.185 e. The van der Waals surface area contributed by atoms with E-state index in [4.69, 9.17) is 0 Å². The van der Waals surface area contributed by atoms with E-state index in [1.54, 1.807) is 0 Å². The summed E-state index contributed by atoms with van der Waals surface area (Å²) in [6.45, 7) is 0. The molecule has 3 heteroatoms. The molecule has 0 fully saturated rings. The minimum Gasteiger partial charge on any atom is -0.185 e. The first-order chi connectivity index (χ1) is 5.79. The van der Waals surface area contributed by atoms with Crippen LogP contribution in [0.1, 0.15) is 12.0 Å². The van der Waals surface area contributed by atoms with Crippen LogP contribution in [0, 0.1) is 0 Å². The summed E-state index contributed by atoms with van der Waals surface area (Å²) in [6, 6.07) is 9.81. The predicted octanol–water partition coefficient (Wildman–Crippen LogP) is 1.30. The summed E-state index contributed by atoms with van der Waals surface area (Å²) < 4.78 is 20.3. The van der Waals surface area contributed by atoms with Gasteiger partial charge in [-0.3, -0.25) is 0 Å². The van der Waals surface area contributed by atoms with E-state index in [1.165, 1.54) is 10.9 Å². The SMILES string of the molecule is O=S(=O)=CCCc1ccccc1. The Morgan fingerprint density at radius 2 is 1.83 bits per heavy atom. The average Bonchev–Trinajstić information content (AvgIpc) is 2.05. The lowest BCUT2D eigenvalue weighted by molar-refractivity contribution is 0.627. The summed E-state index contributed by atoms with van der Waals surface area (Å²) in [5.74, 6) is 0. The van der Waals surface area contributed by atoms with E-state index in [0.717, 1.165) is 6.42 Å². The van der Waals surface area contributed by atoms with Crippen LogP contribution in [0.3, 0.4) is 0 Å². The quantitative estimate of drug-likeness (QED) is 0.660. The van der Waals surface area contributed by atoms with Crippen molar-refractivity contribution in [2.45, 2.75) is 12.8 Å². The highest BCUT2D eigenvalue weighted by Gasteiger charge is 1.88. The lowest BCUT2D eigenvalue weighted by Gasteiger charge is -1.94. The van der Waals surface area contributed by atoms with Gasteiger partial charge in [-0.05, 0) is 18.4 Å². The van der Waals surface area contributed by atoms with E-state index >= 15 is 0 Å². The third-order valence-corrected chi connectivity index (χ3v) is 2.04. The second-order valence-electron chi connectivity index (χ2n) is 2.45. The molecule has 2 nitrogen and oxygen atoms in total. The molecule has 0 saturated carbocycles. The van der Waals surface area contributed by atoms with Crippen molar-refractivity contribution in [2.24, 2.45) is 0 Å². The molecule has 0 aliphatic rings. The van der Waals surface area contributed by atoms with Gasteiger partial charge < -0.3 is 0 Å². The van der Waals surface area contributed by atoms with Crippen molar-refractivity contribution in [2.75, 3.05) is 0 Å². The Hall–Kier alpha value is -1.09. The molecule has 0 unspecified atom stereocenters. The van der Waals surface area contributed by atoms with Crippen molar-refractivity contribution in [3.63, 3.8) is 0 Å². The Kier molecular flexibility index (Phi) is 3.54. The van der Waals surface area contributed by atoms with E-state index < -0.39 is 10.3 Å². The minimum atomic E-state index is -2.01. The topological polar surface area (TPSA) is 34.1 Å². The van der Waals surface area contributed by atoms with Crippen molar-refractivity contribution in [3.8, 4) is 0 Å². The maximum absolute atomic E-state index is 10.1. The number of hydrogen-bond donors (Lipinski definition) is 0. The van der Waals surface area contributed by atoms with Crippen molar-refractivity contribution >= 4 is 15.7 Å². The summed E-state index contributed by atoms with van der Waals surface area (Å²) in [5, 5.41) is 1.28. The fourth-order valence-corrected chi connectivity index (χ4v) is 1.28. The van der Waals surface area contributed by atoms with Crippen molar-refractivity contribution in [3.05, 3.63) is 35.9 Å². The lowest BCUT2D eigenvalue weighted by atomic mass is 10.1. The number of aryl methyl sites for hydroxylation is 1. The monoisotopic (exact) mass is 182 g/mol. The molecule has 1 aromatic rings. The molecule has 0 N–H and O–H groups in total. The van der Waals surface area contributed by atoms with Crippen LogP contribution >= 0.6 is 0 Å². The number of rotatable bonds is 3. The van der Waals surface area contributed by atoms with Crippen molar-refractivity contribution in [1.82, 2.24) is 0 Å². The molecule has 0 aromatic heterocycles. The Balaban J connectivity index is 2.50. The highest BCUT2D eigenvalue weighted by atomic mass is 32.2. The average molecular weight is 182 g/mol. The third kappa shape index (κ3) is 3.34. The molecule has 1 rings (SSSR count). The van der Waals surface area contributed by atoms with Crippen molar-refractivity contribution in [1.29, 1.82) is 0 Å². The van der Waals surface area contributed by atoms with Gasteiger partial charge >= 0.3 is 0 Å². The molecule has 1 aromatic carbocycles. The zero-order valence-corrected chi connectivity index (χ0v) is 7.42. The molecule has 0 spiro atoms. The fourth-order valence-electron chi connectivity index (χ4n) is 0.966. The van der Waals surface area contributed by atoms with E-state index in [9.17, 15) is 8.42 Å². The molecule has 0 atom stereocenters. The van der Waals surface area contributed by atoms with Gasteiger partial charge in [0.1, 0.15) is 0 Å². The van der Waals surface area contributed by atoms with Crippen LogP contribution in [-0.4, -0.2) is 13.8 Å². The van der Waals surface area contributed by atoms with Crippen LogP contribution in [-0.2, 0) is 16.7 Å². The second kappa shape index (κ2) is 4.72. The fraction of sp³-hybridized carbons (Fsp3) is 0.222. The predicted molar refractivity (Wildman–Crippen MR) is 49.7 cm³/mol. The summed E-state index contributed by atoms with van der Waals surface area (Å²) in [7, 11) is -2.01. The van der Waals surface area contributed by atoms with Crippen LogP contribution < -0.4 is 0 Å². The van der Waals surface area contributed by atoms with Gasteiger partial charge in [0.15, 0.2) is 0 Å².